The number of rotatable bonds is 7. The summed E-state index contributed by atoms with van der Waals surface area (Å²) in [5, 5.41) is 5.18. The van der Waals surface area contributed by atoms with Crippen LogP contribution in [0.4, 0.5) is 5.82 Å². The van der Waals surface area contributed by atoms with Gasteiger partial charge in [0.05, 0.1) is 22.9 Å². The minimum Gasteiger partial charge on any atom is -0.383 e. The van der Waals surface area contributed by atoms with Crippen molar-refractivity contribution in [3.8, 4) is 11.8 Å². The van der Waals surface area contributed by atoms with Crippen LogP contribution in [0.3, 0.4) is 0 Å². The Hall–Kier alpha value is -3.79. The zero-order valence-electron chi connectivity index (χ0n) is 20.8. The highest BCUT2D eigenvalue weighted by Crippen LogP contribution is 2.28. The van der Waals surface area contributed by atoms with Crippen LogP contribution in [0.1, 0.15) is 24.6 Å². The average molecular weight is 523 g/mol. The van der Waals surface area contributed by atoms with Crippen molar-refractivity contribution in [3.63, 3.8) is 0 Å². The number of anilines is 1. The predicted molar refractivity (Wildman–Crippen MR) is 141 cm³/mol. The van der Waals surface area contributed by atoms with Gasteiger partial charge >= 0.3 is 0 Å². The van der Waals surface area contributed by atoms with E-state index in [2.05, 4.69) is 31.6 Å². The first-order chi connectivity index (χ1) is 17.8. The summed E-state index contributed by atoms with van der Waals surface area (Å²) in [6.07, 6.45) is 6.47. The topological polar surface area (TPSA) is 139 Å². The molecule has 1 aliphatic rings. The first kappa shape index (κ1) is 26.3. The molecule has 2 aromatic heterocycles. The molecular weight excluding hydrogens is 492 g/mol. The fourth-order valence-corrected chi connectivity index (χ4v) is 5.05. The molecule has 3 N–H and O–H groups in total. The third-order valence-electron chi connectivity index (χ3n) is 5.91. The van der Waals surface area contributed by atoms with E-state index in [1.54, 1.807) is 29.0 Å². The molecule has 0 spiro atoms. The van der Waals surface area contributed by atoms with Gasteiger partial charge in [0.2, 0.25) is 15.9 Å². The minimum absolute atomic E-state index is 0.0390. The Bertz CT molecular complexity index is 1460. The molecule has 3 aromatic rings. The van der Waals surface area contributed by atoms with Gasteiger partial charge in [-0.2, -0.15) is 9.82 Å². The number of nitrogens with two attached hydrogens (primary N) is 1. The zero-order valence-corrected chi connectivity index (χ0v) is 21.6. The van der Waals surface area contributed by atoms with E-state index in [9.17, 15) is 13.2 Å². The van der Waals surface area contributed by atoms with E-state index in [1.165, 1.54) is 18.5 Å². The van der Waals surface area contributed by atoms with E-state index in [4.69, 9.17) is 5.73 Å². The third kappa shape index (κ3) is 6.32. The molecule has 1 aliphatic heterocycles. The standard InChI is InChI=1S/C25H30N8O3S/c1-31(2)15-8-13-22(34)32-16-7-9-19(17-32)33-25-23(24(26)27-18-28-25)21(30-33)12-6-14-29-37(35,36)20-10-4-3-5-11-20/h3-5,8,10-11,13,18-19,29H,7,9,14-17H2,1-2H3,(H2,26,27,28). The second kappa shape index (κ2) is 11.5. The summed E-state index contributed by atoms with van der Waals surface area (Å²) in [5.41, 5.74) is 7.04. The Morgan fingerprint density at radius 1 is 1.27 bits per heavy atom. The van der Waals surface area contributed by atoms with Crippen molar-refractivity contribution in [2.45, 2.75) is 23.8 Å². The molecule has 1 unspecified atom stereocenters. The van der Waals surface area contributed by atoms with Crippen molar-refractivity contribution in [1.82, 2.24) is 34.3 Å². The van der Waals surface area contributed by atoms with Gasteiger partial charge in [-0.3, -0.25) is 4.79 Å². The average Bonchev–Trinajstić information content (AvgIpc) is 3.27. The molecule has 0 aliphatic carbocycles. The molecule has 0 radical (unpaired) electrons. The van der Waals surface area contributed by atoms with Crippen molar-refractivity contribution in [2.75, 3.05) is 46.0 Å². The summed E-state index contributed by atoms with van der Waals surface area (Å²) in [4.78, 5) is 25.1. The van der Waals surface area contributed by atoms with Crippen LogP contribution in [0.5, 0.6) is 0 Å². The SMILES string of the molecule is CN(C)CC=CC(=O)N1CCCC(n2nc(C#CCNS(=O)(=O)c3ccccc3)c3c(N)ncnc32)C1. The smallest absolute Gasteiger partial charge is 0.246 e. The number of likely N-dealkylation sites (N-methyl/N-ethyl adjacent to an activating group) is 1. The number of hydrogen-bond donors (Lipinski definition) is 2. The zero-order chi connectivity index (χ0) is 26.4. The van der Waals surface area contributed by atoms with E-state index in [0.29, 0.717) is 36.4 Å². The first-order valence-electron chi connectivity index (χ1n) is 11.9. The van der Waals surface area contributed by atoms with Crippen LogP contribution >= 0.6 is 0 Å². The maximum Gasteiger partial charge on any atom is 0.246 e. The van der Waals surface area contributed by atoms with E-state index in [1.807, 2.05) is 30.0 Å². The summed E-state index contributed by atoms with van der Waals surface area (Å²) in [6.45, 7) is 1.73. The predicted octanol–water partition coefficient (Wildman–Crippen LogP) is 1.02. The monoisotopic (exact) mass is 522 g/mol. The number of piperidine rings is 1. The number of nitrogen functional groups attached to an aromatic ring is 1. The quantitative estimate of drug-likeness (QED) is 0.346. The largest absolute Gasteiger partial charge is 0.383 e. The lowest BCUT2D eigenvalue weighted by Gasteiger charge is -2.32. The maximum absolute atomic E-state index is 12.7. The van der Waals surface area contributed by atoms with Gasteiger partial charge in [0.15, 0.2) is 5.65 Å². The van der Waals surface area contributed by atoms with Crippen LogP contribution in [-0.2, 0) is 14.8 Å². The van der Waals surface area contributed by atoms with Crippen molar-refractivity contribution in [1.29, 1.82) is 0 Å². The molecule has 1 atom stereocenters. The summed E-state index contributed by atoms with van der Waals surface area (Å²) in [6, 6.07) is 7.97. The van der Waals surface area contributed by atoms with E-state index >= 15 is 0 Å². The van der Waals surface area contributed by atoms with Crippen LogP contribution in [-0.4, -0.2) is 84.1 Å². The molecule has 11 nitrogen and oxygen atoms in total. The number of carbonyl (C=O) groups excluding carboxylic acids is 1. The number of amides is 1. The molecule has 37 heavy (non-hydrogen) atoms. The second-order valence-corrected chi connectivity index (χ2v) is 10.7. The number of nitrogens with zero attached hydrogens (tertiary/aromatic N) is 6. The first-order valence-corrected chi connectivity index (χ1v) is 13.4. The minimum atomic E-state index is -3.68. The van der Waals surface area contributed by atoms with Gasteiger partial charge in [-0.1, -0.05) is 30.2 Å². The molecule has 12 heteroatoms. The Morgan fingerprint density at radius 2 is 2.05 bits per heavy atom. The fraction of sp³-hybridized carbons (Fsp3) is 0.360. The lowest BCUT2D eigenvalue weighted by atomic mass is 10.1. The highest BCUT2D eigenvalue weighted by Gasteiger charge is 2.27. The van der Waals surface area contributed by atoms with Gasteiger partial charge in [0, 0.05) is 25.7 Å². The van der Waals surface area contributed by atoms with Crippen LogP contribution in [0.15, 0.2) is 53.7 Å². The molecule has 1 fully saturated rings. The number of sulfonamides is 1. The number of aromatic nitrogens is 4. The fourth-order valence-electron chi connectivity index (χ4n) is 4.10. The molecular formula is C25H30N8O3S. The Kier molecular flexibility index (Phi) is 8.17. The van der Waals surface area contributed by atoms with Gasteiger partial charge in [0.1, 0.15) is 17.8 Å². The number of likely N-dealkylation sites (tertiary alicyclic amines) is 1. The van der Waals surface area contributed by atoms with Gasteiger partial charge < -0.3 is 15.5 Å². The second-order valence-electron chi connectivity index (χ2n) is 8.93. The van der Waals surface area contributed by atoms with Crippen LogP contribution in [0.2, 0.25) is 0 Å². The summed E-state index contributed by atoms with van der Waals surface area (Å²) in [5.74, 6) is 5.93. The Labute approximate surface area is 216 Å². The number of hydrogen-bond acceptors (Lipinski definition) is 8. The molecule has 1 aromatic carbocycles. The van der Waals surface area contributed by atoms with Crippen molar-refractivity contribution in [3.05, 3.63) is 54.5 Å². The summed E-state index contributed by atoms with van der Waals surface area (Å²) >= 11 is 0. The van der Waals surface area contributed by atoms with Gasteiger partial charge in [-0.25, -0.2) is 23.1 Å². The van der Waals surface area contributed by atoms with E-state index in [0.717, 1.165) is 12.8 Å². The van der Waals surface area contributed by atoms with Crippen molar-refractivity contribution >= 4 is 32.8 Å². The van der Waals surface area contributed by atoms with Crippen molar-refractivity contribution < 1.29 is 13.2 Å². The van der Waals surface area contributed by atoms with E-state index in [-0.39, 0.29) is 29.2 Å². The third-order valence-corrected chi connectivity index (χ3v) is 7.33. The highest BCUT2D eigenvalue weighted by molar-refractivity contribution is 7.89. The number of fused-ring (bicyclic) bond motifs is 1. The Balaban J connectivity index is 1.54. The Morgan fingerprint density at radius 3 is 2.81 bits per heavy atom. The summed E-state index contributed by atoms with van der Waals surface area (Å²) in [7, 11) is 0.214. The van der Waals surface area contributed by atoms with Crippen LogP contribution < -0.4 is 10.5 Å². The maximum atomic E-state index is 12.7. The lowest BCUT2D eigenvalue weighted by molar-refractivity contribution is -0.127. The van der Waals surface area contributed by atoms with Gasteiger partial charge in [-0.05, 0) is 45.0 Å². The molecule has 4 rings (SSSR count). The van der Waals surface area contributed by atoms with Gasteiger partial charge in [0.25, 0.3) is 0 Å². The molecule has 1 saturated heterocycles. The molecule has 1 amide bonds. The number of nitrogens with one attached hydrogen (secondary N) is 1. The van der Waals surface area contributed by atoms with Crippen LogP contribution in [0.25, 0.3) is 11.0 Å². The highest BCUT2D eigenvalue weighted by atomic mass is 32.2. The van der Waals surface area contributed by atoms with E-state index < -0.39 is 10.0 Å². The molecule has 194 valence electrons. The number of benzene rings is 1. The van der Waals surface area contributed by atoms with Crippen molar-refractivity contribution in [2.24, 2.45) is 0 Å². The number of carbonyl (C=O) groups is 1. The normalized spacial score (nSPS) is 16.3. The molecule has 0 saturated carbocycles. The molecule has 3 heterocycles. The molecule has 0 bridgehead atoms. The van der Waals surface area contributed by atoms with Gasteiger partial charge in [-0.15, -0.1) is 0 Å². The summed E-state index contributed by atoms with van der Waals surface area (Å²) < 4.78 is 29.1. The van der Waals surface area contributed by atoms with Crippen LogP contribution in [0, 0.1) is 11.8 Å². The lowest BCUT2D eigenvalue weighted by Crippen LogP contribution is -2.40.